The quantitative estimate of drug-likeness (QED) is 0.278. The van der Waals surface area contributed by atoms with Crippen molar-refractivity contribution in [3.8, 4) is 11.3 Å². The van der Waals surface area contributed by atoms with Crippen LogP contribution in [0.2, 0.25) is 5.02 Å². The molecule has 0 bridgehead atoms. The van der Waals surface area contributed by atoms with Crippen molar-refractivity contribution in [1.82, 2.24) is 4.90 Å². The van der Waals surface area contributed by atoms with Crippen molar-refractivity contribution < 1.29 is 28.8 Å². The Balaban J connectivity index is 1.52. The van der Waals surface area contributed by atoms with Gasteiger partial charge in [0.1, 0.15) is 11.5 Å². The zero-order chi connectivity index (χ0) is 23.7. The van der Waals surface area contributed by atoms with E-state index in [-0.39, 0.29) is 27.7 Å². The van der Waals surface area contributed by atoms with Gasteiger partial charge in [-0.15, -0.1) is 0 Å². The molecule has 166 valence electrons. The molecule has 0 spiro atoms. The highest BCUT2D eigenvalue weighted by atomic mass is 35.5. The number of furan rings is 1. The van der Waals surface area contributed by atoms with Crippen LogP contribution in [0.3, 0.4) is 0 Å². The predicted octanol–water partition coefficient (Wildman–Crippen LogP) is 5.44. The van der Waals surface area contributed by atoms with Gasteiger partial charge in [0.05, 0.1) is 27.0 Å². The van der Waals surface area contributed by atoms with Gasteiger partial charge >= 0.3 is 5.97 Å². The van der Waals surface area contributed by atoms with Gasteiger partial charge in [-0.2, -0.15) is 0 Å². The molecule has 2 aromatic carbocycles. The number of benzene rings is 2. The van der Waals surface area contributed by atoms with Crippen LogP contribution in [0.5, 0.6) is 0 Å². The summed E-state index contributed by atoms with van der Waals surface area (Å²) in [5, 5.41) is 19.6. The Morgan fingerprint density at radius 1 is 1.15 bits per heavy atom. The summed E-state index contributed by atoms with van der Waals surface area (Å²) in [7, 11) is 0. The number of carboxylic acid groups (broad SMARTS) is 1. The maximum Gasteiger partial charge on any atom is 0.337 e. The van der Waals surface area contributed by atoms with E-state index in [0.717, 1.165) is 16.7 Å². The van der Waals surface area contributed by atoms with Crippen molar-refractivity contribution in [3.05, 3.63) is 91.5 Å². The first-order chi connectivity index (χ1) is 15.7. The van der Waals surface area contributed by atoms with Crippen LogP contribution in [0.4, 0.5) is 10.5 Å². The number of non-ortho nitro benzene ring substituents is 1. The molecule has 0 aliphatic carbocycles. The standard InChI is InChI=1S/C22H13ClN2O7S/c23-17-7-3-13(9-16(17)21(27)28)18-8-6-15(32-18)10-19-20(26)24(22(29)33-19)11-12-1-4-14(5-2-12)25(30)31/h1-10H,11H2,(H,27,28)/b19-10-. The molecule has 1 saturated heterocycles. The molecule has 2 amide bonds. The Labute approximate surface area is 195 Å². The fourth-order valence-corrected chi connectivity index (χ4v) is 4.12. The lowest BCUT2D eigenvalue weighted by Crippen LogP contribution is -2.27. The Kier molecular flexibility index (Phi) is 6.03. The van der Waals surface area contributed by atoms with Gasteiger partial charge in [0.15, 0.2) is 0 Å². The molecule has 2 heterocycles. The van der Waals surface area contributed by atoms with E-state index in [1.165, 1.54) is 42.5 Å². The number of nitrogens with zero attached hydrogens (tertiary/aromatic N) is 2. The highest BCUT2D eigenvalue weighted by molar-refractivity contribution is 8.18. The molecular formula is C22H13ClN2O7S. The maximum absolute atomic E-state index is 12.7. The number of hydrogen-bond donors (Lipinski definition) is 1. The van der Waals surface area contributed by atoms with Crippen molar-refractivity contribution in [3.63, 3.8) is 0 Å². The maximum atomic E-state index is 12.7. The number of hydrogen-bond acceptors (Lipinski definition) is 7. The Morgan fingerprint density at radius 2 is 1.88 bits per heavy atom. The number of rotatable bonds is 6. The second-order valence-electron chi connectivity index (χ2n) is 6.89. The van der Waals surface area contributed by atoms with Crippen LogP contribution < -0.4 is 0 Å². The van der Waals surface area contributed by atoms with E-state index in [1.54, 1.807) is 18.2 Å². The van der Waals surface area contributed by atoms with Crippen LogP contribution >= 0.6 is 23.4 Å². The van der Waals surface area contributed by atoms with E-state index in [4.69, 9.17) is 16.0 Å². The van der Waals surface area contributed by atoms with Gasteiger partial charge in [-0.1, -0.05) is 23.7 Å². The van der Waals surface area contributed by atoms with Crippen molar-refractivity contribution in [2.75, 3.05) is 0 Å². The van der Waals surface area contributed by atoms with E-state index in [9.17, 15) is 29.6 Å². The summed E-state index contributed by atoms with van der Waals surface area (Å²) in [5.41, 5.74) is 0.904. The van der Waals surface area contributed by atoms with Crippen LogP contribution in [0.1, 0.15) is 21.7 Å². The van der Waals surface area contributed by atoms with Gasteiger partial charge in [0.25, 0.3) is 16.8 Å². The number of halogens is 1. The third-order valence-corrected chi connectivity index (χ3v) is 5.98. The van der Waals surface area contributed by atoms with Gasteiger partial charge in [-0.25, -0.2) is 4.79 Å². The minimum atomic E-state index is -1.17. The summed E-state index contributed by atoms with van der Waals surface area (Å²) in [6, 6.07) is 13.2. The van der Waals surface area contributed by atoms with Crippen molar-refractivity contribution in [2.24, 2.45) is 0 Å². The molecule has 3 aromatic rings. The molecule has 1 aromatic heterocycles. The number of carboxylic acids is 1. The number of aromatic carboxylic acids is 1. The number of carbonyl (C=O) groups excluding carboxylic acids is 2. The van der Waals surface area contributed by atoms with Crippen molar-refractivity contribution in [2.45, 2.75) is 6.54 Å². The lowest BCUT2D eigenvalue weighted by Gasteiger charge is -2.12. The zero-order valence-electron chi connectivity index (χ0n) is 16.6. The van der Waals surface area contributed by atoms with Crippen LogP contribution in [-0.4, -0.2) is 32.0 Å². The SMILES string of the molecule is O=C(O)c1cc(-c2ccc(/C=C3\SC(=O)N(Cc4ccc([N+](=O)[O-])cc4)C3=O)o2)ccc1Cl. The average Bonchev–Trinajstić information content (AvgIpc) is 3.34. The summed E-state index contributed by atoms with van der Waals surface area (Å²) in [4.78, 5) is 47.8. The van der Waals surface area contributed by atoms with E-state index < -0.39 is 22.0 Å². The predicted molar refractivity (Wildman–Crippen MR) is 121 cm³/mol. The Morgan fingerprint density at radius 3 is 2.55 bits per heavy atom. The minimum Gasteiger partial charge on any atom is -0.478 e. The van der Waals surface area contributed by atoms with Crippen LogP contribution in [0.15, 0.2) is 63.9 Å². The molecule has 9 nitrogen and oxygen atoms in total. The lowest BCUT2D eigenvalue weighted by molar-refractivity contribution is -0.384. The van der Waals surface area contributed by atoms with Crippen molar-refractivity contribution in [1.29, 1.82) is 0 Å². The molecule has 0 saturated carbocycles. The molecule has 0 atom stereocenters. The molecule has 1 aliphatic rings. The highest BCUT2D eigenvalue weighted by Crippen LogP contribution is 2.35. The van der Waals surface area contributed by atoms with Crippen LogP contribution in [0, 0.1) is 10.1 Å². The molecule has 1 N–H and O–H groups in total. The first-order valence-electron chi connectivity index (χ1n) is 9.34. The van der Waals surface area contributed by atoms with Gasteiger partial charge < -0.3 is 9.52 Å². The first-order valence-corrected chi connectivity index (χ1v) is 10.5. The number of carbonyl (C=O) groups is 3. The average molecular weight is 485 g/mol. The van der Waals surface area contributed by atoms with Gasteiger partial charge in [0.2, 0.25) is 0 Å². The normalized spacial score (nSPS) is 14.8. The molecule has 0 radical (unpaired) electrons. The Bertz CT molecular complexity index is 1330. The number of imide groups is 1. The summed E-state index contributed by atoms with van der Waals surface area (Å²) in [5.74, 6) is -1.01. The van der Waals surface area contributed by atoms with Crippen molar-refractivity contribution >= 4 is 52.2 Å². The van der Waals surface area contributed by atoms with E-state index in [0.29, 0.717) is 22.6 Å². The summed E-state index contributed by atoms with van der Waals surface area (Å²) in [6.07, 6.45) is 1.43. The molecule has 1 aliphatic heterocycles. The summed E-state index contributed by atoms with van der Waals surface area (Å²) in [6.45, 7) is -0.0217. The van der Waals surface area contributed by atoms with Crippen LogP contribution in [-0.2, 0) is 11.3 Å². The summed E-state index contributed by atoms with van der Waals surface area (Å²) < 4.78 is 5.71. The highest BCUT2D eigenvalue weighted by Gasteiger charge is 2.35. The third kappa shape index (κ3) is 4.66. The van der Waals surface area contributed by atoms with E-state index in [2.05, 4.69) is 0 Å². The number of thioether (sulfide) groups is 1. The Hall–Kier alpha value is -3.89. The van der Waals surface area contributed by atoms with Crippen LogP contribution in [0.25, 0.3) is 17.4 Å². The molecule has 11 heteroatoms. The number of amides is 2. The molecule has 1 fully saturated rings. The topological polar surface area (TPSA) is 131 Å². The third-order valence-electron chi connectivity index (χ3n) is 4.74. The monoisotopic (exact) mass is 484 g/mol. The lowest BCUT2D eigenvalue weighted by atomic mass is 10.1. The van der Waals surface area contributed by atoms with Gasteiger partial charge in [0, 0.05) is 23.8 Å². The zero-order valence-corrected chi connectivity index (χ0v) is 18.1. The number of nitro groups is 1. The largest absolute Gasteiger partial charge is 0.478 e. The molecule has 4 rings (SSSR count). The smallest absolute Gasteiger partial charge is 0.337 e. The fraction of sp³-hybridized carbons (Fsp3) is 0.0455. The molecule has 0 unspecified atom stereocenters. The second-order valence-corrected chi connectivity index (χ2v) is 8.29. The van der Waals surface area contributed by atoms with E-state index >= 15 is 0 Å². The molecule has 33 heavy (non-hydrogen) atoms. The van der Waals surface area contributed by atoms with Gasteiger partial charge in [-0.05, 0) is 47.7 Å². The summed E-state index contributed by atoms with van der Waals surface area (Å²) >= 11 is 6.64. The molecular weight excluding hydrogens is 472 g/mol. The van der Waals surface area contributed by atoms with Gasteiger partial charge in [-0.3, -0.25) is 24.6 Å². The second kappa shape index (κ2) is 8.93. The first kappa shape index (κ1) is 22.3. The van der Waals surface area contributed by atoms with E-state index in [1.807, 2.05) is 0 Å². The fourth-order valence-electron chi connectivity index (χ4n) is 3.10. The minimum absolute atomic E-state index is 0.0217. The number of nitro benzene ring substituents is 1.